The van der Waals surface area contributed by atoms with E-state index in [9.17, 15) is 8.42 Å². The van der Waals surface area contributed by atoms with Crippen LogP contribution in [-0.4, -0.2) is 36.7 Å². The molecule has 104 valence electrons. The van der Waals surface area contributed by atoms with E-state index in [1.807, 2.05) is 13.8 Å². The molecule has 0 aliphatic carbocycles. The maximum atomic E-state index is 12.1. The maximum Gasteiger partial charge on any atom is 0.216 e. The van der Waals surface area contributed by atoms with Crippen molar-refractivity contribution in [1.82, 2.24) is 20.0 Å². The molecule has 0 bridgehead atoms. The highest BCUT2D eigenvalue weighted by molar-refractivity contribution is 7.90. The Labute approximate surface area is 109 Å². The minimum atomic E-state index is -3.34. The van der Waals surface area contributed by atoms with E-state index in [4.69, 9.17) is 0 Å². The molecule has 0 fully saturated rings. The lowest BCUT2D eigenvalue weighted by molar-refractivity contribution is 0.524. The van der Waals surface area contributed by atoms with Crippen LogP contribution in [0, 0.1) is 0 Å². The summed E-state index contributed by atoms with van der Waals surface area (Å²) < 4.78 is 26.9. The van der Waals surface area contributed by atoms with Gasteiger partial charge in [-0.05, 0) is 19.9 Å². The smallest absolute Gasteiger partial charge is 0.216 e. The highest BCUT2D eigenvalue weighted by atomic mass is 32.2. The summed E-state index contributed by atoms with van der Waals surface area (Å²) in [4.78, 5) is 7.03. The van der Waals surface area contributed by atoms with Gasteiger partial charge in [0.25, 0.3) is 0 Å². The fourth-order valence-corrected chi connectivity index (χ4v) is 2.82. The lowest BCUT2D eigenvalue weighted by Crippen LogP contribution is -2.40. The molecule has 1 aromatic heterocycles. The number of aromatic amines is 1. The second-order valence-corrected chi connectivity index (χ2v) is 6.35. The molecular formula is C11H22N4O2S. The van der Waals surface area contributed by atoms with Crippen LogP contribution >= 0.6 is 0 Å². The average Bonchev–Trinajstić information content (AvgIpc) is 2.86. The molecule has 1 aromatic rings. The van der Waals surface area contributed by atoms with Gasteiger partial charge >= 0.3 is 0 Å². The molecule has 3 N–H and O–H groups in total. The third-order valence-electron chi connectivity index (χ3n) is 2.78. The Balaban J connectivity index is 2.68. The first kappa shape index (κ1) is 15.1. The number of sulfonamides is 1. The van der Waals surface area contributed by atoms with Gasteiger partial charge in [-0.1, -0.05) is 13.8 Å². The number of rotatable bonds is 8. The summed E-state index contributed by atoms with van der Waals surface area (Å²) in [5.74, 6) is 0.650. The fourth-order valence-electron chi connectivity index (χ4n) is 1.57. The van der Waals surface area contributed by atoms with Crippen molar-refractivity contribution >= 4 is 10.0 Å². The Bertz CT molecular complexity index is 430. The minimum Gasteiger partial charge on any atom is -0.347 e. The molecule has 1 heterocycles. The Morgan fingerprint density at radius 1 is 1.44 bits per heavy atom. The molecule has 0 radical (unpaired) electrons. The topological polar surface area (TPSA) is 86.9 Å². The average molecular weight is 274 g/mol. The lowest BCUT2D eigenvalue weighted by atomic mass is 10.2. The van der Waals surface area contributed by atoms with Crippen molar-refractivity contribution in [2.45, 2.75) is 38.5 Å². The van der Waals surface area contributed by atoms with Crippen LogP contribution in [0.5, 0.6) is 0 Å². The second kappa shape index (κ2) is 6.86. The number of hydrogen-bond donors (Lipinski definition) is 3. The Morgan fingerprint density at radius 2 is 2.17 bits per heavy atom. The largest absolute Gasteiger partial charge is 0.347 e. The van der Waals surface area contributed by atoms with Gasteiger partial charge in [-0.25, -0.2) is 18.1 Å². The van der Waals surface area contributed by atoms with Crippen molar-refractivity contribution in [2.24, 2.45) is 0 Å². The molecule has 7 heteroatoms. The predicted octanol–water partition coefficient (Wildman–Crippen LogP) is 0.778. The van der Waals surface area contributed by atoms with Crippen molar-refractivity contribution in [3.63, 3.8) is 0 Å². The van der Waals surface area contributed by atoms with Crippen LogP contribution in [0.2, 0.25) is 0 Å². The first-order valence-corrected chi connectivity index (χ1v) is 7.77. The van der Waals surface area contributed by atoms with Crippen molar-refractivity contribution in [3.05, 3.63) is 18.2 Å². The summed E-state index contributed by atoms with van der Waals surface area (Å²) in [6, 6.07) is -0.297. The Morgan fingerprint density at radius 3 is 2.67 bits per heavy atom. The highest BCUT2D eigenvalue weighted by Gasteiger charge is 2.25. The molecule has 2 atom stereocenters. The first-order valence-electron chi connectivity index (χ1n) is 6.22. The second-order valence-electron chi connectivity index (χ2n) is 4.22. The van der Waals surface area contributed by atoms with Gasteiger partial charge in [-0.3, -0.25) is 0 Å². The standard InChI is InChI=1S/C11H22N4O2S/c1-4-10(11-13-6-7-14-11)15-18(16,17)9(3)8-12-5-2/h6-7,9-10,12,15H,4-5,8H2,1-3H3,(H,13,14). The molecule has 0 saturated heterocycles. The minimum absolute atomic E-state index is 0.297. The van der Waals surface area contributed by atoms with Crippen molar-refractivity contribution < 1.29 is 8.42 Å². The van der Waals surface area contributed by atoms with E-state index < -0.39 is 15.3 Å². The number of nitrogens with one attached hydrogen (secondary N) is 3. The molecule has 1 rings (SSSR count). The van der Waals surface area contributed by atoms with Gasteiger partial charge in [0, 0.05) is 18.9 Å². The quantitative estimate of drug-likeness (QED) is 0.654. The Kier molecular flexibility index (Phi) is 5.77. The summed E-state index contributed by atoms with van der Waals surface area (Å²) in [6.45, 7) is 6.77. The molecule has 0 spiro atoms. The van der Waals surface area contributed by atoms with E-state index in [1.165, 1.54) is 0 Å². The van der Waals surface area contributed by atoms with Crippen LogP contribution in [0.4, 0.5) is 0 Å². The van der Waals surface area contributed by atoms with Crippen LogP contribution in [0.1, 0.15) is 39.1 Å². The molecular weight excluding hydrogens is 252 g/mol. The van der Waals surface area contributed by atoms with Crippen LogP contribution in [0.25, 0.3) is 0 Å². The van der Waals surface area contributed by atoms with Crippen LogP contribution in [0.3, 0.4) is 0 Å². The van der Waals surface area contributed by atoms with E-state index in [0.29, 0.717) is 18.8 Å². The molecule has 6 nitrogen and oxygen atoms in total. The van der Waals surface area contributed by atoms with Crippen molar-refractivity contribution in [1.29, 1.82) is 0 Å². The van der Waals surface area contributed by atoms with Gasteiger partial charge in [-0.15, -0.1) is 0 Å². The molecule has 0 saturated carbocycles. The number of imidazole rings is 1. The van der Waals surface area contributed by atoms with E-state index in [2.05, 4.69) is 20.0 Å². The molecule has 0 aliphatic heterocycles. The summed E-state index contributed by atoms with van der Waals surface area (Å²) in [7, 11) is -3.34. The van der Waals surface area contributed by atoms with E-state index in [1.54, 1.807) is 19.3 Å². The first-order chi connectivity index (χ1) is 8.51. The van der Waals surface area contributed by atoms with Gasteiger partial charge in [-0.2, -0.15) is 0 Å². The number of H-pyrrole nitrogens is 1. The van der Waals surface area contributed by atoms with Gasteiger partial charge in [0.05, 0.1) is 11.3 Å². The zero-order valence-corrected chi connectivity index (χ0v) is 11.9. The fraction of sp³-hybridized carbons (Fsp3) is 0.727. The molecule has 18 heavy (non-hydrogen) atoms. The molecule has 0 aromatic carbocycles. The SMILES string of the molecule is CCNCC(C)S(=O)(=O)NC(CC)c1ncc[nH]1. The van der Waals surface area contributed by atoms with Crippen LogP contribution in [0.15, 0.2) is 12.4 Å². The molecule has 2 unspecified atom stereocenters. The normalized spacial score (nSPS) is 15.5. The highest BCUT2D eigenvalue weighted by Crippen LogP contribution is 2.14. The lowest BCUT2D eigenvalue weighted by Gasteiger charge is -2.19. The van der Waals surface area contributed by atoms with Gasteiger partial charge < -0.3 is 10.3 Å². The number of aromatic nitrogens is 2. The molecule has 0 amide bonds. The molecule has 0 aliphatic rings. The van der Waals surface area contributed by atoms with E-state index in [0.717, 1.165) is 6.54 Å². The van der Waals surface area contributed by atoms with E-state index in [-0.39, 0.29) is 6.04 Å². The third-order valence-corrected chi connectivity index (χ3v) is 4.61. The maximum absolute atomic E-state index is 12.1. The van der Waals surface area contributed by atoms with Crippen molar-refractivity contribution in [2.75, 3.05) is 13.1 Å². The Hall–Kier alpha value is -0.920. The predicted molar refractivity (Wildman–Crippen MR) is 71.7 cm³/mol. The number of nitrogens with zero attached hydrogens (tertiary/aromatic N) is 1. The monoisotopic (exact) mass is 274 g/mol. The third kappa shape index (κ3) is 4.08. The van der Waals surface area contributed by atoms with Gasteiger partial charge in [0.2, 0.25) is 10.0 Å². The zero-order valence-electron chi connectivity index (χ0n) is 11.1. The zero-order chi connectivity index (χ0) is 13.6. The van der Waals surface area contributed by atoms with Crippen LogP contribution in [-0.2, 0) is 10.0 Å². The summed E-state index contributed by atoms with van der Waals surface area (Å²) in [5.41, 5.74) is 0. The summed E-state index contributed by atoms with van der Waals surface area (Å²) in [5, 5.41) is 2.57. The van der Waals surface area contributed by atoms with Crippen molar-refractivity contribution in [3.8, 4) is 0 Å². The van der Waals surface area contributed by atoms with Gasteiger partial charge in [0.15, 0.2) is 0 Å². The van der Waals surface area contributed by atoms with Crippen LogP contribution < -0.4 is 10.0 Å². The van der Waals surface area contributed by atoms with Gasteiger partial charge in [0.1, 0.15) is 5.82 Å². The number of hydrogen-bond acceptors (Lipinski definition) is 4. The summed E-state index contributed by atoms with van der Waals surface area (Å²) >= 11 is 0. The summed E-state index contributed by atoms with van der Waals surface area (Å²) in [6.07, 6.45) is 3.96. The van der Waals surface area contributed by atoms with E-state index >= 15 is 0 Å².